The maximum absolute atomic E-state index is 9.90. The molecule has 1 aliphatic rings. The second kappa shape index (κ2) is 6.65. The normalized spacial score (nSPS) is 18.9. The number of aliphatic hydroxyl groups is 1. The zero-order chi connectivity index (χ0) is 15.6. The summed E-state index contributed by atoms with van der Waals surface area (Å²) < 4.78 is 1.08. The molecule has 1 aliphatic heterocycles. The minimum Gasteiger partial charge on any atom is -0.389 e. The standard InChI is InChI=1S/C16H26BrN3O/c1-12(18)14-5-4-13(10-15(14)17)20-8-6-19(7-9-20)11-16(2,3)21/h4-5,10,12,21H,6-9,11,18H2,1-3H3/t12-/m1/s1. The molecule has 0 saturated carbocycles. The van der Waals surface area contributed by atoms with Crippen molar-refractivity contribution < 1.29 is 5.11 Å². The first-order valence-corrected chi connectivity index (χ1v) is 8.30. The van der Waals surface area contributed by atoms with Crippen LogP contribution in [0.1, 0.15) is 32.4 Å². The first kappa shape index (κ1) is 16.7. The fourth-order valence-electron chi connectivity index (χ4n) is 2.79. The van der Waals surface area contributed by atoms with Crippen molar-refractivity contribution in [1.29, 1.82) is 0 Å². The number of halogens is 1. The van der Waals surface area contributed by atoms with Gasteiger partial charge >= 0.3 is 0 Å². The summed E-state index contributed by atoms with van der Waals surface area (Å²) in [6.45, 7) is 10.4. The number of β-amino-alcohol motifs (C(OH)–C–C–N with tert-alkyl or cyclic N) is 1. The van der Waals surface area contributed by atoms with Crippen LogP contribution in [0.15, 0.2) is 22.7 Å². The van der Waals surface area contributed by atoms with E-state index in [0.717, 1.165) is 42.8 Å². The molecular weight excluding hydrogens is 330 g/mol. The van der Waals surface area contributed by atoms with E-state index in [1.54, 1.807) is 0 Å². The van der Waals surface area contributed by atoms with Crippen LogP contribution >= 0.6 is 15.9 Å². The van der Waals surface area contributed by atoms with E-state index >= 15 is 0 Å². The van der Waals surface area contributed by atoms with E-state index in [-0.39, 0.29) is 6.04 Å². The first-order chi connectivity index (χ1) is 9.76. The number of anilines is 1. The van der Waals surface area contributed by atoms with Crippen LogP contribution in [0, 0.1) is 0 Å². The fraction of sp³-hybridized carbons (Fsp3) is 0.625. The van der Waals surface area contributed by atoms with Crippen LogP contribution in [0.25, 0.3) is 0 Å². The minimum atomic E-state index is -0.621. The lowest BCUT2D eigenvalue weighted by atomic mass is 10.1. The molecule has 0 unspecified atom stereocenters. The maximum atomic E-state index is 9.90. The van der Waals surface area contributed by atoms with Crippen molar-refractivity contribution in [2.45, 2.75) is 32.4 Å². The molecule has 3 N–H and O–H groups in total. The Morgan fingerprint density at radius 2 is 1.90 bits per heavy atom. The van der Waals surface area contributed by atoms with E-state index in [1.807, 2.05) is 20.8 Å². The topological polar surface area (TPSA) is 52.7 Å². The van der Waals surface area contributed by atoms with Gasteiger partial charge in [0.2, 0.25) is 0 Å². The van der Waals surface area contributed by atoms with Crippen LogP contribution in [0.5, 0.6) is 0 Å². The van der Waals surface area contributed by atoms with E-state index in [2.05, 4.69) is 43.9 Å². The minimum absolute atomic E-state index is 0.0389. The number of nitrogens with two attached hydrogens (primary N) is 1. The molecule has 1 aromatic rings. The molecule has 118 valence electrons. The van der Waals surface area contributed by atoms with Gasteiger partial charge in [-0.25, -0.2) is 0 Å². The Morgan fingerprint density at radius 1 is 1.29 bits per heavy atom. The van der Waals surface area contributed by atoms with Crippen molar-refractivity contribution >= 4 is 21.6 Å². The van der Waals surface area contributed by atoms with Crippen LogP contribution in [0.3, 0.4) is 0 Å². The zero-order valence-electron chi connectivity index (χ0n) is 13.1. The van der Waals surface area contributed by atoms with Crippen LogP contribution < -0.4 is 10.6 Å². The third-order valence-electron chi connectivity index (χ3n) is 3.82. The lowest BCUT2D eigenvalue weighted by Gasteiger charge is -2.38. The lowest BCUT2D eigenvalue weighted by Crippen LogP contribution is -2.50. The summed E-state index contributed by atoms with van der Waals surface area (Å²) in [5.74, 6) is 0. The SMILES string of the molecule is C[C@@H](N)c1ccc(N2CCN(CC(C)(C)O)CC2)cc1Br. The number of piperazine rings is 1. The number of benzene rings is 1. The highest BCUT2D eigenvalue weighted by atomic mass is 79.9. The summed E-state index contributed by atoms with van der Waals surface area (Å²) in [5, 5.41) is 9.90. The molecule has 0 radical (unpaired) electrons. The van der Waals surface area contributed by atoms with E-state index in [0.29, 0.717) is 0 Å². The molecule has 2 rings (SSSR count). The summed E-state index contributed by atoms with van der Waals surface area (Å²) in [4.78, 5) is 4.71. The number of nitrogens with zero attached hydrogens (tertiary/aromatic N) is 2. The van der Waals surface area contributed by atoms with Gasteiger partial charge in [0.15, 0.2) is 0 Å². The van der Waals surface area contributed by atoms with Gasteiger partial charge in [-0.05, 0) is 38.5 Å². The monoisotopic (exact) mass is 355 g/mol. The lowest BCUT2D eigenvalue weighted by molar-refractivity contribution is 0.0345. The Morgan fingerprint density at radius 3 is 2.38 bits per heavy atom. The van der Waals surface area contributed by atoms with Gasteiger partial charge in [0.25, 0.3) is 0 Å². The smallest absolute Gasteiger partial charge is 0.0718 e. The molecule has 1 aromatic carbocycles. The number of hydrogen-bond donors (Lipinski definition) is 2. The van der Waals surface area contributed by atoms with Gasteiger partial charge < -0.3 is 15.7 Å². The van der Waals surface area contributed by atoms with Crippen molar-refractivity contribution in [3.63, 3.8) is 0 Å². The second-order valence-corrected chi connectivity index (χ2v) is 7.42. The van der Waals surface area contributed by atoms with Gasteiger partial charge in [-0.1, -0.05) is 22.0 Å². The summed E-state index contributed by atoms with van der Waals surface area (Å²) in [7, 11) is 0. The van der Waals surface area contributed by atoms with Crippen molar-refractivity contribution in [3.8, 4) is 0 Å². The molecule has 0 spiro atoms. The average molecular weight is 356 g/mol. The molecule has 1 saturated heterocycles. The molecule has 0 bridgehead atoms. The van der Waals surface area contributed by atoms with E-state index < -0.39 is 5.60 Å². The predicted octanol–water partition coefficient (Wildman–Crippen LogP) is 2.36. The third-order valence-corrected chi connectivity index (χ3v) is 4.51. The molecule has 4 nitrogen and oxygen atoms in total. The zero-order valence-corrected chi connectivity index (χ0v) is 14.7. The molecule has 5 heteroatoms. The Hall–Kier alpha value is -0.620. The van der Waals surface area contributed by atoms with E-state index in [9.17, 15) is 5.11 Å². The molecule has 0 amide bonds. The molecule has 1 fully saturated rings. The Kier molecular flexibility index (Phi) is 5.30. The molecule has 0 aromatic heterocycles. The van der Waals surface area contributed by atoms with E-state index in [4.69, 9.17) is 5.73 Å². The maximum Gasteiger partial charge on any atom is 0.0718 e. The van der Waals surface area contributed by atoms with Crippen molar-refractivity contribution in [1.82, 2.24) is 4.90 Å². The van der Waals surface area contributed by atoms with Crippen LogP contribution in [-0.4, -0.2) is 48.3 Å². The van der Waals surface area contributed by atoms with Crippen molar-refractivity contribution in [2.24, 2.45) is 5.73 Å². The van der Waals surface area contributed by atoms with Crippen LogP contribution in [0.4, 0.5) is 5.69 Å². The Bertz CT molecular complexity index is 477. The fourth-order valence-corrected chi connectivity index (χ4v) is 3.52. The summed E-state index contributed by atoms with van der Waals surface area (Å²) in [5.41, 5.74) is 7.69. The highest BCUT2D eigenvalue weighted by Gasteiger charge is 2.23. The molecule has 1 atom stereocenters. The quantitative estimate of drug-likeness (QED) is 0.870. The van der Waals surface area contributed by atoms with Crippen molar-refractivity contribution in [2.75, 3.05) is 37.6 Å². The van der Waals surface area contributed by atoms with Gasteiger partial charge in [-0.2, -0.15) is 0 Å². The Labute approximate surface area is 136 Å². The van der Waals surface area contributed by atoms with Crippen molar-refractivity contribution in [3.05, 3.63) is 28.2 Å². The second-order valence-electron chi connectivity index (χ2n) is 6.57. The number of hydrogen-bond acceptors (Lipinski definition) is 4. The summed E-state index contributed by atoms with van der Waals surface area (Å²) in [6, 6.07) is 6.45. The highest BCUT2D eigenvalue weighted by molar-refractivity contribution is 9.10. The van der Waals surface area contributed by atoms with Gasteiger partial charge in [0, 0.05) is 48.9 Å². The largest absolute Gasteiger partial charge is 0.389 e. The third kappa shape index (κ3) is 4.68. The average Bonchev–Trinajstić information content (AvgIpc) is 2.37. The molecule has 21 heavy (non-hydrogen) atoms. The Balaban J connectivity index is 1.98. The first-order valence-electron chi connectivity index (χ1n) is 7.51. The molecular formula is C16H26BrN3O. The molecule has 0 aliphatic carbocycles. The van der Waals surface area contributed by atoms with E-state index in [1.165, 1.54) is 5.69 Å². The van der Waals surface area contributed by atoms with Crippen LogP contribution in [-0.2, 0) is 0 Å². The predicted molar refractivity (Wildman–Crippen MR) is 91.7 cm³/mol. The highest BCUT2D eigenvalue weighted by Crippen LogP contribution is 2.28. The van der Waals surface area contributed by atoms with Gasteiger partial charge in [0.1, 0.15) is 0 Å². The van der Waals surface area contributed by atoms with Gasteiger partial charge in [-0.3, -0.25) is 4.90 Å². The summed E-state index contributed by atoms with van der Waals surface area (Å²) >= 11 is 3.62. The summed E-state index contributed by atoms with van der Waals surface area (Å²) in [6.07, 6.45) is 0. The number of rotatable bonds is 4. The molecule has 1 heterocycles. The van der Waals surface area contributed by atoms with Crippen LogP contribution in [0.2, 0.25) is 0 Å². The van der Waals surface area contributed by atoms with Gasteiger partial charge in [0.05, 0.1) is 5.60 Å². The van der Waals surface area contributed by atoms with Gasteiger partial charge in [-0.15, -0.1) is 0 Å².